The van der Waals surface area contributed by atoms with E-state index in [1.807, 2.05) is 29.2 Å². The summed E-state index contributed by atoms with van der Waals surface area (Å²) in [6, 6.07) is 16.7. The van der Waals surface area contributed by atoms with Gasteiger partial charge < -0.3 is 14.4 Å². The molecule has 3 heterocycles. The minimum absolute atomic E-state index is 0.0421. The second-order valence-corrected chi connectivity index (χ2v) is 9.26. The van der Waals surface area contributed by atoms with Crippen LogP contribution in [0.5, 0.6) is 0 Å². The highest BCUT2D eigenvalue weighted by molar-refractivity contribution is 6.07. The van der Waals surface area contributed by atoms with E-state index in [0.717, 1.165) is 35.8 Å². The number of carbonyl (C=O) groups is 1. The predicted octanol–water partition coefficient (Wildman–Crippen LogP) is 3.81. The number of rotatable bonds is 5. The predicted molar refractivity (Wildman–Crippen MR) is 136 cm³/mol. The maximum absolute atomic E-state index is 13.4. The summed E-state index contributed by atoms with van der Waals surface area (Å²) in [5, 5.41) is 6.26. The highest BCUT2D eigenvalue weighted by Gasteiger charge is 2.27. The lowest BCUT2D eigenvalue weighted by molar-refractivity contribution is -0.132. The average molecular weight is 458 g/mol. The van der Waals surface area contributed by atoms with Crippen molar-refractivity contribution in [3.05, 3.63) is 70.6 Å². The minimum Gasteiger partial charge on any atom is -0.365 e. The Bertz CT molecular complexity index is 1420. The summed E-state index contributed by atoms with van der Waals surface area (Å²) in [4.78, 5) is 30.8. The normalized spacial score (nSPS) is 16.5. The molecule has 0 N–H and O–H groups in total. The van der Waals surface area contributed by atoms with Crippen molar-refractivity contribution in [1.29, 1.82) is 0 Å². The average Bonchev–Trinajstić information content (AvgIpc) is 3.15. The molecule has 0 saturated carbocycles. The Hall–Kier alpha value is -3.61. The van der Waals surface area contributed by atoms with Crippen LogP contribution in [0.25, 0.3) is 21.8 Å². The van der Waals surface area contributed by atoms with Gasteiger partial charge in [0.1, 0.15) is 12.1 Å². The van der Waals surface area contributed by atoms with Crippen molar-refractivity contribution in [2.24, 2.45) is 0 Å². The fourth-order valence-corrected chi connectivity index (χ4v) is 5.16. The molecule has 7 heteroatoms. The van der Waals surface area contributed by atoms with E-state index in [2.05, 4.69) is 59.6 Å². The monoisotopic (exact) mass is 457 g/mol. The van der Waals surface area contributed by atoms with E-state index in [1.54, 1.807) is 6.20 Å². The Morgan fingerprint density at radius 3 is 2.68 bits per heavy atom. The fourth-order valence-electron chi connectivity index (χ4n) is 5.16. The molecular formula is C27H31N5O2. The first-order valence-corrected chi connectivity index (χ1v) is 12.1. The van der Waals surface area contributed by atoms with Crippen LogP contribution < -0.4 is 10.5 Å². The van der Waals surface area contributed by atoms with Crippen molar-refractivity contribution in [3.8, 4) is 0 Å². The first-order valence-electron chi connectivity index (χ1n) is 12.1. The quantitative estimate of drug-likeness (QED) is 0.457. The van der Waals surface area contributed by atoms with Gasteiger partial charge in [0, 0.05) is 54.2 Å². The largest absolute Gasteiger partial charge is 0.365 e. The third-order valence-corrected chi connectivity index (χ3v) is 6.82. The number of carbonyl (C=O) groups excluding carboxylic acids is 1. The van der Waals surface area contributed by atoms with Crippen molar-refractivity contribution in [2.45, 2.75) is 46.3 Å². The topological polar surface area (TPSA) is 63.4 Å². The summed E-state index contributed by atoms with van der Waals surface area (Å²) < 4.78 is 3.39. The van der Waals surface area contributed by atoms with Crippen molar-refractivity contribution in [3.63, 3.8) is 0 Å². The maximum atomic E-state index is 13.4. The van der Waals surface area contributed by atoms with Crippen molar-refractivity contribution >= 4 is 33.4 Å². The van der Waals surface area contributed by atoms with Crippen molar-refractivity contribution in [1.82, 2.24) is 19.2 Å². The Balaban J connectivity index is 1.39. The number of piperazine rings is 1. The molecule has 2 aromatic carbocycles. The summed E-state index contributed by atoms with van der Waals surface area (Å²) in [6.07, 6.45) is 2.65. The van der Waals surface area contributed by atoms with Gasteiger partial charge in [-0.2, -0.15) is 5.10 Å². The van der Waals surface area contributed by atoms with Gasteiger partial charge in [-0.1, -0.05) is 37.3 Å². The van der Waals surface area contributed by atoms with Crippen LogP contribution in [-0.2, 0) is 17.9 Å². The molecule has 176 valence electrons. The highest BCUT2D eigenvalue weighted by atomic mass is 16.2. The van der Waals surface area contributed by atoms with E-state index >= 15 is 0 Å². The Kier molecular flexibility index (Phi) is 5.86. The van der Waals surface area contributed by atoms with Crippen molar-refractivity contribution in [2.75, 3.05) is 24.5 Å². The van der Waals surface area contributed by atoms with Crippen molar-refractivity contribution < 1.29 is 4.79 Å². The molecule has 34 heavy (non-hydrogen) atoms. The van der Waals surface area contributed by atoms with Gasteiger partial charge in [-0.05, 0) is 44.0 Å². The van der Waals surface area contributed by atoms with E-state index in [1.165, 1.54) is 15.9 Å². The second-order valence-electron chi connectivity index (χ2n) is 9.26. The molecule has 5 rings (SSSR count). The summed E-state index contributed by atoms with van der Waals surface area (Å²) in [7, 11) is 0. The molecule has 0 bridgehead atoms. The van der Waals surface area contributed by atoms with Gasteiger partial charge in [0.15, 0.2) is 0 Å². The molecule has 1 atom stereocenters. The Labute approximate surface area is 199 Å². The molecule has 1 aliphatic rings. The van der Waals surface area contributed by atoms with E-state index in [4.69, 9.17) is 0 Å². The smallest absolute Gasteiger partial charge is 0.291 e. The van der Waals surface area contributed by atoms with E-state index < -0.39 is 0 Å². The van der Waals surface area contributed by atoms with Gasteiger partial charge in [-0.3, -0.25) is 9.59 Å². The number of para-hydroxylation sites is 1. The first-order chi connectivity index (χ1) is 16.5. The summed E-state index contributed by atoms with van der Waals surface area (Å²) >= 11 is 0. The Morgan fingerprint density at radius 1 is 1.09 bits per heavy atom. The van der Waals surface area contributed by atoms with Crippen LogP contribution in [0, 0.1) is 6.92 Å². The molecule has 1 aliphatic heterocycles. The van der Waals surface area contributed by atoms with Crippen LogP contribution >= 0.6 is 0 Å². The molecule has 0 spiro atoms. The molecule has 7 nitrogen and oxygen atoms in total. The zero-order chi connectivity index (χ0) is 23.8. The van der Waals surface area contributed by atoms with E-state index in [-0.39, 0.29) is 24.1 Å². The molecule has 4 aromatic rings. The Morgan fingerprint density at radius 2 is 1.91 bits per heavy atom. The minimum atomic E-state index is -0.207. The molecule has 0 radical (unpaired) electrons. The maximum Gasteiger partial charge on any atom is 0.291 e. The third kappa shape index (κ3) is 3.85. The number of fused-ring (bicyclic) bond motifs is 3. The van der Waals surface area contributed by atoms with Crippen LogP contribution in [0.3, 0.4) is 0 Å². The van der Waals surface area contributed by atoms with E-state index in [9.17, 15) is 9.59 Å². The zero-order valence-corrected chi connectivity index (χ0v) is 20.1. The van der Waals surface area contributed by atoms with Crippen LogP contribution in [0.2, 0.25) is 0 Å². The second kappa shape index (κ2) is 8.97. The molecular weight excluding hydrogens is 426 g/mol. The SMILES string of the molecule is CCCn1c2ccccc2c2cnn(CC(=O)N3CCN(c4cccc(C)c4)[C@H](C)C3)c(=O)c21. The number of hydrogen-bond acceptors (Lipinski definition) is 4. The number of aryl methyl sites for hydroxylation is 2. The number of amides is 1. The summed E-state index contributed by atoms with van der Waals surface area (Å²) in [6.45, 7) is 9.06. The lowest BCUT2D eigenvalue weighted by atomic mass is 10.1. The number of benzene rings is 2. The summed E-state index contributed by atoms with van der Waals surface area (Å²) in [5.74, 6) is -0.0668. The van der Waals surface area contributed by atoms with Gasteiger partial charge in [-0.15, -0.1) is 0 Å². The van der Waals surface area contributed by atoms with E-state index in [0.29, 0.717) is 18.6 Å². The van der Waals surface area contributed by atoms with Crippen LogP contribution in [-0.4, -0.2) is 50.8 Å². The van der Waals surface area contributed by atoms with Crippen LogP contribution in [0.15, 0.2) is 59.5 Å². The van der Waals surface area contributed by atoms with Gasteiger partial charge >= 0.3 is 0 Å². The van der Waals surface area contributed by atoms with Gasteiger partial charge in [0.2, 0.25) is 5.91 Å². The third-order valence-electron chi connectivity index (χ3n) is 6.82. The van der Waals surface area contributed by atoms with Crippen LogP contribution in [0.4, 0.5) is 5.69 Å². The molecule has 0 unspecified atom stereocenters. The number of anilines is 1. The van der Waals surface area contributed by atoms with Gasteiger partial charge in [0.25, 0.3) is 5.56 Å². The van der Waals surface area contributed by atoms with Gasteiger partial charge in [-0.25, -0.2) is 4.68 Å². The molecule has 1 saturated heterocycles. The first kappa shape index (κ1) is 22.2. The molecule has 2 aromatic heterocycles. The lowest BCUT2D eigenvalue weighted by Gasteiger charge is -2.41. The highest BCUT2D eigenvalue weighted by Crippen LogP contribution is 2.26. The summed E-state index contributed by atoms with van der Waals surface area (Å²) in [5.41, 5.74) is 3.87. The number of hydrogen-bond donors (Lipinski definition) is 0. The zero-order valence-electron chi connectivity index (χ0n) is 20.1. The van der Waals surface area contributed by atoms with Crippen LogP contribution in [0.1, 0.15) is 25.8 Å². The lowest BCUT2D eigenvalue weighted by Crippen LogP contribution is -2.54. The molecule has 1 fully saturated rings. The molecule has 0 aliphatic carbocycles. The molecule has 1 amide bonds. The number of nitrogens with zero attached hydrogens (tertiary/aromatic N) is 5. The van der Waals surface area contributed by atoms with Gasteiger partial charge in [0.05, 0.1) is 6.20 Å². The number of aromatic nitrogens is 3. The fraction of sp³-hybridized carbons (Fsp3) is 0.370. The standard InChI is InChI=1S/C27H31N5O2/c1-4-12-31-24-11-6-5-10-22(24)23-16-28-32(27(34)26(23)31)18-25(33)29-13-14-30(20(3)17-29)21-9-7-8-19(2)15-21/h5-11,15-16,20H,4,12-14,17-18H2,1-3H3/t20-/m1/s1.